The molecular weight excluding hydrogens is 432 g/mol. The van der Waals surface area contributed by atoms with Gasteiger partial charge < -0.3 is 9.84 Å². The predicted molar refractivity (Wildman–Crippen MR) is 126 cm³/mol. The van der Waals surface area contributed by atoms with Gasteiger partial charge in [-0.25, -0.2) is 9.78 Å². The molecule has 3 saturated carbocycles. The monoisotopic (exact) mass is 464 g/mol. The van der Waals surface area contributed by atoms with Crippen molar-refractivity contribution < 1.29 is 24.2 Å². The average Bonchev–Trinajstić information content (AvgIpc) is 3.15. The molecule has 7 heteroatoms. The van der Waals surface area contributed by atoms with Crippen molar-refractivity contribution in [2.45, 2.75) is 52.1 Å². The number of carbonyl (C=O) groups is 3. The third-order valence-electron chi connectivity index (χ3n) is 9.12. The van der Waals surface area contributed by atoms with Crippen molar-refractivity contribution >= 4 is 23.5 Å². The van der Waals surface area contributed by atoms with Crippen LogP contribution >= 0.6 is 0 Å². The topological polar surface area (TPSA) is 106 Å². The summed E-state index contributed by atoms with van der Waals surface area (Å²) in [6.45, 7) is 4.00. The highest BCUT2D eigenvalue weighted by Crippen LogP contribution is 2.66. The molecule has 0 bridgehead atoms. The van der Waals surface area contributed by atoms with E-state index in [9.17, 15) is 19.5 Å². The number of allylic oxidation sites excluding steroid dienone is 4. The Balaban J connectivity index is 1.28. The Hall–Kier alpha value is -2.80. The number of amides is 1. The van der Waals surface area contributed by atoms with Crippen LogP contribution in [0.2, 0.25) is 0 Å². The maximum atomic E-state index is 13.2. The summed E-state index contributed by atoms with van der Waals surface area (Å²) in [5, 5.41) is 13.9. The lowest BCUT2D eigenvalue weighted by Crippen LogP contribution is -2.56. The number of nitrogens with zero attached hydrogens (tertiary/aromatic N) is 1. The summed E-state index contributed by atoms with van der Waals surface area (Å²) in [6.07, 6.45) is 9.69. The summed E-state index contributed by atoms with van der Waals surface area (Å²) in [5.41, 5.74) is 0.484. The van der Waals surface area contributed by atoms with Crippen molar-refractivity contribution in [3.05, 3.63) is 48.2 Å². The molecule has 34 heavy (non-hydrogen) atoms. The van der Waals surface area contributed by atoms with Crippen LogP contribution in [0.15, 0.2) is 48.2 Å². The van der Waals surface area contributed by atoms with Crippen molar-refractivity contribution in [2.75, 3.05) is 11.9 Å². The van der Waals surface area contributed by atoms with Gasteiger partial charge in [0.05, 0.1) is 6.10 Å². The molecule has 1 aromatic heterocycles. The summed E-state index contributed by atoms with van der Waals surface area (Å²) in [4.78, 5) is 41.3. The fraction of sp³-hybridized carbons (Fsp3) is 0.556. The molecule has 7 nitrogen and oxygen atoms in total. The molecule has 3 fully saturated rings. The Labute approximate surface area is 199 Å². The van der Waals surface area contributed by atoms with Crippen LogP contribution in [0.4, 0.5) is 10.6 Å². The maximum Gasteiger partial charge on any atom is 0.413 e. The molecule has 1 heterocycles. The second kappa shape index (κ2) is 8.45. The van der Waals surface area contributed by atoms with Crippen LogP contribution in [0.5, 0.6) is 0 Å². The summed E-state index contributed by atoms with van der Waals surface area (Å²) in [6, 6.07) is 5.14. The highest BCUT2D eigenvalue weighted by molar-refractivity contribution is 6.01. The number of ketones is 2. The number of hydrogen-bond acceptors (Lipinski definition) is 6. The van der Waals surface area contributed by atoms with E-state index >= 15 is 0 Å². The summed E-state index contributed by atoms with van der Waals surface area (Å²) in [7, 11) is 0. The van der Waals surface area contributed by atoms with Crippen LogP contribution < -0.4 is 5.32 Å². The third-order valence-corrected chi connectivity index (χ3v) is 9.12. The number of aliphatic hydroxyl groups is 1. The van der Waals surface area contributed by atoms with Gasteiger partial charge in [-0.05, 0) is 73.6 Å². The molecular formula is C27H32N2O5. The van der Waals surface area contributed by atoms with Crippen molar-refractivity contribution in [3.63, 3.8) is 0 Å². The van der Waals surface area contributed by atoms with E-state index in [0.717, 1.165) is 31.3 Å². The fourth-order valence-electron chi connectivity index (χ4n) is 7.67. The fourth-order valence-corrected chi connectivity index (χ4v) is 7.67. The standard InChI is InChI=1S/C27H32N2O5/c1-26-11-10-17(30)13-16(26)6-7-18-19-8-9-20(27(19,2)14-21(31)24(18)26)22(32)15-34-25(33)29-23-5-3-4-12-28-23/h3-5,10-13,18-21,24,31H,6-9,14-15H2,1-2H3,(H,28,29,33)/t18?,19?,20?,21-,24?,26?,27?/m0/s1. The average molecular weight is 465 g/mol. The summed E-state index contributed by atoms with van der Waals surface area (Å²) < 4.78 is 5.22. The van der Waals surface area contributed by atoms with E-state index in [1.165, 1.54) is 0 Å². The first-order valence-electron chi connectivity index (χ1n) is 12.2. The second-order valence-corrected chi connectivity index (χ2v) is 10.8. The smallest absolute Gasteiger partial charge is 0.413 e. The van der Waals surface area contributed by atoms with Gasteiger partial charge in [-0.15, -0.1) is 0 Å². The van der Waals surface area contributed by atoms with E-state index in [-0.39, 0.29) is 40.8 Å². The molecule has 4 aliphatic carbocycles. The Bertz CT molecular complexity index is 1070. The third kappa shape index (κ3) is 3.70. The predicted octanol–water partition coefficient (Wildman–Crippen LogP) is 4.09. The summed E-state index contributed by atoms with van der Waals surface area (Å²) in [5.74, 6) is 0.721. The normalized spacial score (nSPS) is 38.3. The molecule has 6 unspecified atom stereocenters. The molecule has 0 spiro atoms. The van der Waals surface area contributed by atoms with Gasteiger partial charge in [-0.3, -0.25) is 14.9 Å². The lowest BCUT2D eigenvalue weighted by molar-refractivity contribution is -0.141. The molecule has 1 amide bonds. The van der Waals surface area contributed by atoms with Crippen LogP contribution in [-0.4, -0.2) is 40.5 Å². The summed E-state index contributed by atoms with van der Waals surface area (Å²) >= 11 is 0. The molecule has 2 N–H and O–H groups in total. The number of ether oxygens (including phenoxy) is 1. The number of aliphatic hydroxyl groups excluding tert-OH is 1. The number of nitrogens with one attached hydrogen (secondary N) is 1. The Kier molecular flexibility index (Phi) is 5.71. The number of anilines is 1. The van der Waals surface area contributed by atoms with Crippen LogP contribution in [-0.2, 0) is 14.3 Å². The molecule has 7 atom stereocenters. The van der Waals surface area contributed by atoms with E-state index in [1.807, 2.05) is 6.08 Å². The molecule has 0 radical (unpaired) electrons. The van der Waals surface area contributed by atoms with Gasteiger partial charge >= 0.3 is 6.09 Å². The van der Waals surface area contributed by atoms with E-state index in [2.05, 4.69) is 24.1 Å². The van der Waals surface area contributed by atoms with Gasteiger partial charge in [0.15, 0.2) is 18.2 Å². The van der Waals surface area contributed by atoms with Gasteiger partial charge in [-0.1, -0.05) is 31.6 Å². The number of rotatable bonds is 4. The van der Waals surface area contributed by atoms with E-state index in [4.69, 9.17) is 4.74 Å². The quantitative estimate of drug-likeness (QED) is 0.695. The van der Waals surface area contributed by atoms with Gasteiger partial charge in [0.25, 0.3) is 0 Å². The zero-order chi connectivity index (χ0) is 24.1. The lowest BCUT2D eigenvalue weighted by atomic mass is 9.46. The molecule has 5 rings (SSSR count). The first kappa shape index (κ1) is 23.0. The minimum atomic E-state index is -0.700. The number of carbonyl (C=O) groups excluding carboxylic acids is 3. The number of Topliss-reactive ketones (excluding diaryl/α,β-unsaturated/α-hetero) is 1. The number of hydrogen-bond donors (Lipinski definition) is 2. The van der Waals surface area contributed by atoms with Crippen molar-refractivity contribution in [3.8, 4) is 0 Å². The highest BCUT2D eigenvalue weighted by Gasteiger charge is 2.62. The maximum absolute atomic E-state index is 13.2. The lowest BCUT2D eigenvalue weighted by Gasteiger charge is -2.58. The molecule has 1 aromatic rings. The number of aromatic nitrogens is 1. The molecule has 0 saturated heterocycles. The highest BCUT2D eigenvalue weighted by atomic mass is 16.6. The Morgan fingerprint density at radius 3 is 2.82 bits per heavy atom. The minimum absolute atomic E-state index is 0.0275. The number of pyridine rings is 1. The van der Waals surface area contributed by atoms with Crippen LogP contribution in [0.1, 0.15) is 46.0 Å². The van der Waals surface area contributed by atoms with Crippen LogP contribution in [0, 0.1) is 34.5 Å². The Morgan fingerprint density at radius 1 is 1.24 bits per heavy atom. The van der Waals surface area contributed by atoms with Crippen molar-refractivity contribution in [1.82, 2.24) is 4.98 Å². The minimum Gasteiger partial charge on any atom is -0.441 e. The number of fused-ring (bicyclic) bond motifs is 5. The zero-order valence-electron chi connectivity index (χ0n) is 19.7. The zero-order valence-corrected chi connectivity index (χ0v) is 19.7. The van der Waals surface area contributed by atoms with E-state index in [0.29, 0.717) is 24.1 Å². The molecule has 0 aromatic carbocycles. The molecule has 4 aliphatic rings. The van der Waals surface area contributed by atoms with Crippen molar-refractivity contribution in [2.24, 2.45) is 34.5 Å². The van der Waals surface area contributed by atoms with E-state index < -0.39 is 12.2 Å². The SMILES string of the molecule is CC12C=CC(=O)C=C1CCC1C2[C@@H](O)CC2(C)C(C(=O)COC(=O)Nc3ccccn3)CCC12. The van der Waals surface area contributed by atoms with E-state index in [1.54, 1.807) is 36.5 Å². The van der Waals surface area contributed by atoms with Crippen LogP contribution in [0.25, 0.3) is 0 Å². The van der Waals surface area contributed by atoms with Gasteiger partial charge in [0.1, 0.15) is 5.82 Å². The Morgan fingerprint density at radius 2 is 2.06 bits per heavy atom. The first-order valence-corrected chi connectivity index (χ1v) is 12.2. The molecule has 180 valence electrons. The van der Waals surface area contributed by atoms with Gasteiger partial charge in [0, 0.05) is 23.4 Å². The van der Waals surface area contributed by atoms with Crippen molar-refractivity contribution in [1.29, 1.82) is 0 Å². The first-order chi connectivity index (χ1) is 16.2. The second-order valence-electron chi connectivity index (χ2n) is 10.8. The van der Waals surface area contributed by atoms with Crippen LogP contribution in [0.3, 0.4) is 0 Å². The van der Waals surface area contributed by atoms with Gasteiger partial charge in [0.2, 0.25) is 0 Å². The van der Waals surface area contributed by atoms with Gasteiger partial charge in [-0.2, -0.15) is 0 Å². The largest absolute Gasteiger partial charge is 0.441 e. The molecule has 0 aliphatic heterocycles.